The normalized spacial score (nSPS) is 16.0. The molecule has 1 heterocycles. The van der Waals surface area contributed by atoms with E-state index in [-0.39, 0.29) is 17.7 Å². The number of nitrogens with one attached hydrogen (secondary N) is 2. The van der Waals surface area contributed by atoms with Gasteiger partial charge in [0.1, 0.15) is 5.69 Å². The maximum atomic E-state index is 12.4. The molecular weight excluding hydrogens is 254 g/mol. The predicted molar refractivity (Wildman–Crippen MR) is 77.9 cm³/mol. The highest BCUT2D eigenvalue weighted by Gasteiger charge is 2.32. The number of carbonyl (C=O) groups is 2. The summed E-state index contributed by atoms with van der Waals surface area (Å²) in [6, 6.07) is 0.0385. The fraction of sp³-hybridized carbons (Fsp3) is 0.600. The number of H-pyrrole nitrogens is 1. The standard InChI is InChI=1S/C15H23N3O2/c1-4-11-13(9(3)19)8(2)17-14(11)15(20)18-12(7-16)10-5-6-10/h10,12,17H,4-7,16H2,1-3H3,(H,18,20). The zero-order valence-electron chi connectivity index (χ0n) is 12.4. The van der Waals surface area contributed by atoms with Crippen LogP contribution in [-0.4, -0.2) is 29.3 Å². The second-order valence-electron chi connectivity index (χ2n) is 5.54. The number of ketones is 1. The molecule has 1 aliphatic carbocycles. The molecule has 1 atom stereocenters. The van der Waals surface area contributed by atoms with Gasteiger partial charge in [-0.15, -0.1) is 0 Å². The number of nitrogens with two attached hydrogens (primary N) is 1. The van der Waals surface area contributed by atoms with Crippen LogP contribution in [0.4, 0.5) is 0 Å². The SMILES string of the molecule is CCc1c(C(=O)NC(CN)C2CC2)[nH]c(C)c1C(C)=O. The van der Waals surface area contributed by atoms with Crippen molar-refractivity contribution in [2.45, 2.75) is 46.1 Å². The minimum absolute atomic E-state index is 0.00721. The van der Waals surface area contributed by atoms with Gasteiger partial charge in [0.15, 0.2) is 5.78 Å². The molecule has 1 fully saturated rings. The van der Waals surface area contributed by atoms with Crippen LogP contribution in [0.3, 0.4) is 0 Å². The molecule has 0 radical (unpaired) electrons. The van der Waals surface area contributed by atoms with E-state index in [2.05, 4.69) is 10.3 Å². The molecule has 5 heteroatoms. The minimum atomic E-state index is -0.153. The molecule has 0 aromatic carbocycles. The van der Waals surface area contributed by atoms with Crippen molar-refractivity contribution < 1.29 is 9.59 Å². The molecular formula is C15H23N3O2. The van der Waals surface area contributed by atoms with Crippen molar-refractivity contribution in [1.29, 1.82) is 0 Å². The third kappa shape index (κ3) is 2.77. The first-order valence-corrected chi connectivity index (χ1v) is 7.22. The van der Waals surface area contributed by atoms with E-state index in [0.717, 1.165) is 24.1 Å². The molecule has 0 saturated heterocycles. The molecule has 4 N–H and O–H groups in total. The molecule has 20 heavy (non-hydrogen) atoms. The average molecular weight is 277 g/mol. The molecule has 1 aromatic rings. The summed E-state index contributed by atoms with van der Waals surface area (Å²) in [4.78, 5) is 27.2. The Morgan fingerprint density at radius 1 is 1.45 bits per heavy atom. The van der Waals surface area contributed by atoms with Crippen LogP contribution < -0.4 is 11.1 Å². The van der Waals surface area contributed by atoms with Gasteiger partial charge >= 0.3 is 0 Å². The summed E-state index contributed by atoms with van der Waals surface area (Å²) in [5.41, 5.74) is 8.43. The molecule has 0 aliphatic heterocycles. The number of carbonyl (C=O) groups excluding carboxylic acids is 2. The number of aromatic amines is 1. The minimum Gasteiger partial charge on any atom is -0.354 e. The van der Waals surface area contributed by atoms with Gasteiger partial charge in [-0.2, -0.15) is 0 Å². The summed E-state index contributed by atoms with van der Waals surface area (Å²) in [5.74, 6) is 0.351. The van der Waals surface area contributed by atoms with Crippen LogP contribution in [0.2, 0.25) is 0 Å². The smallest absolute Gasteiger partial charge is 0.268 e. The highest BCUT2D eigenvalue weighted by molar-refractivity contribution is 6.02. The monoisotopic (exact) mass is 277 g/mol. The lowest BCUT2D eigenvalue weighted by Gasteiger charge is -2.16. The second-order valence-corrected chi connectivity index (χ2v) is 5.54. The Hall–Kier alpha value is -1.62. The lowest BCUT2D eigenvalue weighted by atomic mass is 10.0. The summed E-state index contributed by atoms with van der Waals surface area (Å²) in [5, 5.41) is 2.99. The van der Waals surface area contributed by atoms with Crippen LogP contribution in [0.25, 0.3) is 0 Å². The van der Waals surface area contributed by atoms with E-state index in [4.69, 9.17) is 5.73 Å². The fourth-order valence-corrected chi connectivity index (χ4v) is 2.81. The van der Waals surface area contributed by atoms with E-state index in [9.17, 15) is 9.59 Å². The third-order valence-electron chi connectivity index (χ3n) is 3.99. The van der Waals surface area contributed by atoms with Gasteiger partial charge in [0.05, 0.1) is 0 Å². The maximum absolute atomic E-state index is 12.4. The zero-order chi connectivity index (χ0) is 14.9. The molecule has 1 aliphatic rings. The number of aromatic nitrogens is 1. The van der Waals surface area contributed by atoms with Gasteiger partial charge in [0.25, 0.3) is 5.91 Å². The number of hydrogen-bond acceptors (Lipinski definition) is 3. The Morgan fingerprint density at radius 2 is 2.10 bits per heavy atom. The first-order chi connectivity index (χ1) is 9.49. The Bertz CT molecular complexity index is 529. The van der Waals surface area contributed by atoms with Gasteiger partial charge in [-0.25, -0.2) is 0 Å². The third-order valence-corrected chi connectivity index (χ3v) is 3.99. The average Bonchev–Trinajstić information content (AvgIpc) is 3.18. The van der Waals surface area contributed by atoms with Crippen LogP contribution in [0, 0.1) is 12.8 Å². The lowest BCUT2D eigenvalue weighted by molar-refractivity contribution is 0.0928. The summed E-state index contributed by atoms with van der Waals surface area (Å²) >= 11 is 0. The van der Waals surface area contributed by atoms with Crippen molar-refractivity contribution in [3.8, 4) is 0 Å². The molecule has 2 rings (SSSR count). The molecule has 1 amide bonds. The van der Waals surface area contributed by atoms with E-state index < -0.39 is 0 Å². The Morgan fingerprint density at radius 3 is 2.55 bits per heavy atom. The molecule has 1 aromatic heterocycles. The van der Waals surface area contributed by atoms with Crippen molar-refractivity contribution in [2.24, 2.45) is 11.7 Å². The molecule has 5 nitrogen and oxygen atoms in total. The summed E-state index contributed by atoms with van der Waals surface area (Å²) < 4.78 is 0. The van der Waals surface area contributed by atoms with Gasteiger partial charge in [0.2, 0.25) is 0 Å². The molecule has 110 valence electrons. The second kappa shape index (κ2) is 5.79. The summed E-state index contributed by atoms with van der Waals surface area (Å²) in [7, 11) is 0. The van der Waals surface area contributed by atoms with Gasteiger partial charge in [-0.3, -0.25) is 9.59 Å². The number of aryl methyl sites for hydroxylation is 1. The highest BCUT2D eigenvalue weighted by Crippen LogP contribution is 2.32. The van der Waals surface area contributed by atoms with Crippen LogP contribution >= 0.6 is 0 Å². The lowest BCUT2D eigenvalue weighted by Crippen LogP contribution is -2.42. The summed E-state index contributed by atoms with van der Waals surface area (Å²) in [6.45, 7) is 5.77. The van der Waals surface area contributed by atoms with Crippen LogP contribution in [0.1, 0.15) is 58.8 Å². The van der Waals surface area contributed by atoms with Crippen molar-refractivity contribution in [1.82, 2.24) is 10.3 Å². The van der Waals surface area contributed by atoms with Crippen LogP contribution in [-0.2, 0) is 6.42 Å². The van der Waals surface area contributed by atoms with E-state index in [0.29, 0.717) is 30.1 Å². The Kier molecular flexibility index (Phi) is 4.28. The highest BCUT2D eigenvalue weighted by atomic mass is 16.2. The molecule has 1 unspecified atom stereocenters. The molecule has 0 spiro atoms. The van der Waals surface area contributed by atoms with E-state index >= 15 is 0 Å². The molecule has 0 bridgehead atoms. The van der Waals surface area contributed by atoms with Gasteiger partial charge in [-0.05, 0) is 44.6 Å². The largest absolute Gasteiger partial charge is 0.354 e. The first kappa shape index (κ1) is 14.8. The summed E-state index contributed by atoms with van der Waals surface area (Å²) in [6.07, 6.45) is 2.91. The Labute approximate surface area is 119 Å². The number of rotatable bonds is 6. The van der Waals surface area contributed by atoms with Crippen molar-refractivity contribution in [3.63, 3.8) is 0 Å². The van der Waals surface area contributed by atoms with E-state index in [1.54, 1.807) is 0 Å². The maximum Gasteiger partial charge on any atom is 0.268 e. The van der Waals surface area contributed by atoms with Gasteiger partial charge < -0.3 is 16.0 Å². The molecule has 1 saturated carbocycles. The number of Topliss-reactive ketones (excluding diaryl/α,β-unsaturated/α-hetero) is 1. The first-order valence-electron chi connectivity index (χ1n) is 7.22. The van der Waals surface area contributed by atoms with Crippen molar-refractivity contribution in [3.05, 3.63) is 22.5 Å². The predicted octanol–water partition coefficient (Wildman–Crippen LogP) is 1.56. The zero-order valence-corrected chi connectivity index (χ0v) is 12.4. The fourth-order valence-electron chi connectivity index (χ4n) is 2.81. The van der Waals surface area contributed by atoms with E-state index in [1.807, 2.05) is 13.8 Å². The topological polar surface area (TPSA) is 88.0 Å². The van der Waals surface area contributed by atoms with E-state index in [1.165, 1.54) is 6.92 Å². The van der Waals surface area contributed by atoms with Crippen LogP contribution in [0.5, 0.6) is 0 Å². The quantitative estimate of drug-likeness (QED) is 0.689. The van der Waals surface area contributed by atoms with Crippen LogP contribution in [0.15, 0.2) is 0 Å². The van der Waals surface area contributed by atoms with Gasteiger partial charge in [0, 0.05) is 23.8 Å². The Balaban J connectivity index is 2.25. The number of hydrogen-bond donors (Lipinski definition) is 3. The van der Waals surface area contributed by atoms with Crippen molar-refractivity contribution >= 4 is 11.7 Å². The van der Waals surface area contributed by atoms with Gasteiger partial charge in [-0.1, -0.05) is 6.92 Å². The number of amides is 1. The van der Waals surface area contributed by atoms with Crippen molar-refractivity contribution in [2.75, 3.05) is 6.54 Å².